The van der Waals surface area contributed by atoms with Crippen LogP contribution in [0.2, 0.25) is 0 Å². The Kier molecular flexibility index (Phi) is 6.02. The van der Waals surface area contributed by atoms with Crippen LogP contribution in [0.3, 0.4) is 0 Å². The monoisotopic (exact) mass is 325 g/mol. The molecule has 0 bridgehead atoms. The summed E-state index contributed by atoms with van der Waals surface area (Å²) in [6.07, 6.45) is 0. The van der Waals surface area contributed by atoms with Crippen molar-refractivity contribution in [1.29, 1.82) is 0 Å². The van der Waals surface area contributed by atoms with Gasteiger partial charge in [-0.3, -0.25) is 4.79 Å². The molecule has 128 valence electrons. The van der Waals surface area contributed by atoms with Gasteiger partial charge in [-0.05, 0) is 34.6 Å². The highest BCUT2D eigenvalue weighted by atomic mass is 16.5. The van der Waals surface area contributed by atoms with Crippen molar-refractivity contribution >= 4 is 5.91 Å². The Bertz CT molecular complexity index is 642. The normalized spacial score (nSPS) is 12.5. The molecule has 0 radical (unpaired) electrons. The predicted octanol–water partition coefficient (Wildman–Crippen LogP) is 4.28. The number of carbonyl (C=O) groups excluding carboxylic acids is 1. The van der Waals surface area contributed by atoms with Crippen molar-refractivity contribution in [1.82, 2.24) is 5.32 Å². The number of rotatable bonds is 6. The maximum Gasteiger partial charge on any atom is 0.257 e. The molecule has 3 nitrogen and oxygen atoms in total. The largest absolute Gasteiger partial charge is 0.484 e. The van der Waals surface area contributed by atoms with E-state index in [0.29, 0.717) is 12.3 Å². The molecule has 24 heavy (non-hydrogen) atoms. The predicted molar refractivity (Wildman–Crippen MR) is 98.5 cm³/mol. The minimum atomic E-state index is -0.0994. The Labute approximate surface area is 145 Å². The van der Waals surface area contributed by atoms with Crippen molar-refractivity contribution < 1.29 is 9.53 Å². The lowest BCUT2D eigenvalue weighted by atomic mass is 9.87. The molecule has 0 aliphatic carbocycles. The average Bonchev–Trinajstić information content (AvgIpc) is 2.58. The summed E-state index contributed by atoms with van der Waals surface area (Å²) >= 11 is 0. The molecule has 0 fully saturated rings. The lowest BCUT2D eigenvalue weighted by Crippen LogP contribution is -2.31. The SMILES string of the molecule is CC(CNC(=O)COc1ccc(C(C)(C)C)cc1)c1ccccc1. The minimum Gasteiger partial charge on any atom is -0.484 e. The number of benzene rings is 2. The molecule has 1 N–H and O–H groups in total. The summed E-state index contributed by atoms with van der Waals surface area (Å²) in [6, 6.07) is 18.1. The fourth-order valence-corrected chi connectivity index (χ4v) is 2.42. The molecule has 3 heteroatoms. The van der Waals surface area contributed by atoms with Gasteiger partial charge in [-0.1, -0.05) is 70.2 Å². The molecule has 2 rings (SSSR count). The van der Waals surface area contributed by atoms with Crippen molar-refractivity contribution in [2.75, 3.05) is 13.2 Å². The first-order chi connectivity index (χ1) is 11.4. The number of nitrogens with one attached hydrogen (secondary N) is 1. The van der Waals surface area contributed by atoms with Crippen LogP contribution in [0.4, 0.5) is 0 Å². The van der Waals surface area contributed by atoms with E-state index in [1.807, 2.05) is 42.5 Å². The molecule has 0 aliphatic heterocycles. The summed E-state index contributed by atoms with van der Waals surface area (Å²) in [6.45, 7) is 9.26. The first kappa shape index (κ1) is 18.1. The number of amides is 1. The van der Waals surface area contributed by atoms with Gasteiger partial charge in [0.1, 0.15) is 5.75 Å². The van der Waals surface area contributed by atoms with Gasteiger partial charge in [0.15, 0.2) is 6.61 Å². The zero-order valence-electron chi connectivity index (χ0n) is 15.0. The van der Waals surface area contributed by atoms with Gasteiger partial charge in [0.2, 0.25) is 0 Å². The Morgan fingerprint density at radius 3 is 2.25 bits per heavy atom. The Balaban J connectivity index is 1.77. The van der Waals surface area contributed by atoms with E-state index in [2.05, 4.69) is 45.1 Å². The van der Waals surface area contributed by atoms with Crippen molar-refractivity contribution in [2.24, 2.45) is 0 Å². The van der Waals surface area contributed by atoms with Crippen LogP contribution in [-0.4, -0.2) is 19.1 Å². The van der Waals surface area contributed by atoms with Crippen LogP contribution in [0.1, 0.15) is 44.7 Å². The Morgan fingerprint density at radius 1 is 1.04 bits per heavy atom. The minimum absolute atomic E-state index is 0.0381. The first-order valence-corrected chi connectivity index (χ1v) is 8.41. The van der Waals surface area contributed by atoms with Crippen LogP contribution in [-0.2, 0) is 10.2 Å². The third kappa shape index (κ3) is 5.41. The summed E-state index contributed by atoms with van der Waals surface area (Å²) in [5.41, 5.74) is 2.58. The van der Waals surface area contributed by atoms with E-state index in [4.69, 9.17) is 4.74 Å². The highest BCUT2D eigenvalue weighted by molar-refractivity contribution is 5.77. The molecular weight excluding hydrogens is 298 g/mol. The third-order valence-corrected chi connectivity index (χ3v) is 4.06. The van der Waals surface area contributed by atoms with Crippen LogP contribution in [0, 0.1) is 0 Å². The van der Waals surface area contributed by atoms with E-state index < -0.39 is 0 Å². The summed E-state index contributed by atoms with van der Waals surface area (Å²) in [7, 11) is 0. The topological polar surface area (TPSA) is 38.3 Å². The van der Waals surface area contributed by atoms with E-state index in [9.17, 15) is 4.79 Å². The molecule has 0 spiro atoms. The smallest absolute Gasteiger partial charge is 0.257 e. The second-order valence-corrected chi connectivity index (χ2v) is 7.18. The fraction of sp³-hybridized carbons (Fsp3) is 0.381. The van der Waals surface area contributed by atoms with Crippen molar-refractivity contribution in [3.05, 3.63) is 65.7 Å². The van der Waals surface area contributed by atoms with Crippen LogP contribution >= 0.6 is 0 Å². The first-order valence-electron chi connectivity index (χ1n) is 8.41. The van der Waals surface area contributed by atoms with Gasteiger partial charge in [0, 0.05) is 6.54 Å². The van der Waals surface area contributed by atoms with Gasteiger partial charge < -0.3 is 10.1 Å². The summed E-state index contributed by atoms with van der Waals surface area (Å²) in [4.78, 5) is 11.9. The molecule has 0 saturated heterocycles. The van der Waals surface area contributed by atoms with Gasteiger partial charge in [-0.25, -0.2) is 0 Å². The number of hydrogen-bond acceptors (Lipinski definition) is 2. The third-order valence-electron chi connectivity index (χ3n) is 4.06. The van der Waals surface area contributed by atoms with E-state index in [1.165, 1.54) is 11.1 Å². The van der Waals surface area contributed by atoms with Crippen molar-refractivity contribution in [3.63, 3.8) is 0 Å². The quantitative estimate of drug-likeness (QED) is 0.861. The number of carbonyl (C=O) groups is 1. The molecule has 1 atom stereocenters. The highest BCUT2D eigenvalue weighted by Gasteiger charge is 2.13. The van der Waals surface area contributed by atoms with E-state index >= 15 is 0 Å². The number of hydrogen-bond donors (Lipinski definition) is 1. The second-order valence-electron chi connectivity index (χ2n) is 7.18. The van der Waals surface area contributed by atoms with Crippen LogP contribution < -0.4 is 10.1 Å². The van der Waals surface area contributed by atoms with Gasteiger partial charge in [0.05, 0.1) is 0 Å². The highest BCUT2D eigenvalue weighted by Crippen LogP contribution is 2.24. The van der Waals surface area contributed by atoms with Gasteiger partial charge in [-0.2, -0.15) is 0 Å². The van der Waals surface area contributed by atoms with Crippen LogP contribution in [0.25, 0.3) is 0 Å². The van der Waals surface area contributed by atoms with Crippen LogP contribution in [0.15, 0.2) is 54.6 Å². The van der Waals surface area contributed by atoms with E-state index in [-0.39, 0.29) is 23.8 Å². The van der Waals surface area contributed by atoms with Gasteiger partial charge in [-0.15, -0.1) is 0 Å². The second kappa shape index (κ2) is 8.00. The summed E-state index contributed by atoms with van der Waals surface area (Å²) < 4.78 is 5.56. The zero-order valence-corrected chi connectivity index (χ0v) is 15.0. The fourth-order valence-electron chi connectivity index (χ4n) is 2.42. The molecule has 0 heterocycles. The van der Waals surface area contributed by atoms with E-state index in [0.717, 1.165) is 0 Å². The lowest BCUT2D eigenvalue weighted by molar-refractivity contribution is -0.123. The Hall–Kier alpha value is -2.29. The molecule has 2 aromatic carbocycles. The van der Waals surface area contributed by atoms with Gasteiger partial charge >= 0.3 is 0 Å². The maximum atomic E-state index is 11.9. The molecule has 0 aromatic heterocycles. The number of ether oxygens (including phenoxy) is 1. The zero-order chi connectivity index (χ0) is 17.6. The van der Waals surface area contributed by atoms with E-state index in [1.54, 1.807) is 0 Å². The van der Waals surface area contributed by atoms with Crippen molar-refractivity contribution in [3.8, 4) is 5.75 Å². The summed E-state index contributed by atoms with van der Waals surface area (Å²) in [5, 5.41) is 2.92. The molecule has 0 saturated carbocycles. The molecular formula is C21H27NO2. The standard InChI is InChI=1S/C21H27NO2/c1-16(17-8-6-5-7-9-17)14-22-20(23)15-24-19-12-10-18(11-13-19)21(2,3)4/h5-13,16H,14-15H2,1-4H3,(H,22,23). The van der Waals surface area contributed by atoms with Gasteiger partial charge in [0.25, 0.3) is 5.91 Å². The van der Waals surface area contributed by atoms with Crippen molar-refractivity contribution in [2.45, 2.75) is 39.0 Å². The molecule has 1 amide bonds. The van der Waals surface area contributed by atoms with Crippen LogP contribution in [0.5, 0.6) is 5.75 Å². The maximum absolute atomic E-state index is 11.9. The average molecular weight is 325 g/mol. The lowest BCUT2D eigenvalue weighted by Gasteiger charge is -2.19. The molecule has 2 aromatic rings. The summed E-state index contributed by atoms with van der Waals surface area (Å²) in [5.74, 6) is 0.896. The molecule has 0 aliphatic rings. The molecule has 1 unspecified atom stereocenters. The Morgan fingerprint density at radius 2 is 1.67 bits per heavy atom.